The minimum Gasteiger partial charge on any atom is -0.445 e. The lowest BCUT2D eigenvalue weighted by atomic mass is 10.1. The smallest absolute Gasteiger partial charge is 0.410 e. The number of carbonyl (C=O) groups excluding carboxylic acids is 3. The highest BCUT2D eigenvalue weighted by atomic mass is 16.6. The molecule has 1 atom stereocenters. The third-order valence-electron chi connectivity index (χ3n) is 3.09. The van der Waals surface area contributed by atoms with Gasteiger partial charge in [-0.3, -0.25) is 4.79 Å². The number of hydrogen-bond donors (Lipinski definition) is 1. The molecule has 0 heterocycles. The van der Waals surface area contributed by atoms with Crippen molar-refractivity contribution in [3.05, 3.63) is 35.9 Å². The Kier molecular flexibility index (Phi) is 7.08. The zero-order valence-electron chi connectivity index (χ0n) is 13.1. The van der Waals surface area contributed by atoms with Gasteiger partial charge in [-0.1, -0.05) is 44.2 Å². The largest absolute Gasteiger partial charge is 0.445 e. The monoisotopic (exact) mass is 306 g/mol. The molecule has 0 saturated heterocycles. The number of nitrogens with zero attached hydrogens (tertiary/aromatic N) is 1. The maximum Gasteiger partial charge on any atom is 0.410 e. The van der Waals surface area contributed by atoms with Gasteiger partial charge in [0.1, 0.15) is 19.4 Å². The van der Waals surface area contributed by atoms with E-state index in [1.54, 1.807) is 0 Å². The van der Waals surface area contributed by atoms with Gasteiger partial charge in [0.25, 0.3) is 0 Å². The number of aldehydes is 1. The summed E-state index contributed by atoms with van der Waals surface area (Å²) in [4.78, 5) is 35.6. The van der Waals surface area contributed by atoms with Gasteiger partial charge in [0, 0.05) is 7.05 Å². The van der Waals surface area contributed by atoms with E-state index in [1.807, 2.05) is 44.2 Å². The molecule has 0 saturated carbocycles. The summed E-state index contributed by atoms with van der Waals surface area (Å²) in [6, 6.07) is 8.72. The van der Waals surface area contributed by atoms with E-state index in [1.165, 1.54) is 11.9 Å². The Hall–Kier alpha value is -2.37. The number of amides is 2. The topological polar surface area (TPSA) is 75.7 Å². The van der Waals surface area contributed by atoms with Crippen molar-refractivity contribution in [3.63, 3.8) is 0 Å². The molecule has 0 aliphatic heterocycles. The zero-order chi connectivity index (χ0) is 16.5. The van der Waals surface area contributed by atoms with Gasteiger partial charge in [-0.05, 0) is 11.5 Å². The molecule has 1 N–H and O–H groups in total. The Bertz CT molecular complexity index is 502. The van der Waals surface area contributed by atoms with Crippen LogP contribution in [0.2, 0.25) is 0 Å². The number of hydrogen-bond acceptors (Lipinski definition) is 4. The van der Waals surface area contributed by atoms with Crippen LogP contribution in [-0.2, 0) is 20.9 Å². The van der Waals surface area contributed by atoms with Gasteiger partial charge in [0.2, 0.25) is 5.91 Å². The van der Waals surface area contributed by atoms with Gasteiger partial charge in [-0.2, -0.15) is 0 Å². The quantitative estimate of drug-likeness (QED) is 0.776. The number of nitrogens with one attached hydrogen (secondary N) is 1. The fourth-order valence-electron chi connectivity index (χ4n) is 1.70. The molecule has 2 amide bonds. The highest BCUT2D eigenvalue weighted by Gasteiger charge is 2.18. The molecule has 120 valence electrons. The molecule has 1 unspecified atom stereocenters. The van der Waals surface area contributed by atoms with Crippen molar-refractivity contribution in [2.45, 2.75) is 26.5 Å². The molecule has 0 spiro atoms. The van der Waals surface area contributed by atoms with Gasteiger partial charge < -0.3 is 19.7 Å². The van der Waals surface area contributed by atoms with E-state index in [0.717, 1.165) is 5.56 Å². The van der Waals surface area contributed by atoms with Gasteiger partial charge >= 0.3 is 6.09 Å². The third kappa shape index (κ3) is 5.95. The van der Waals surface area contributed by atoms with E-state index in [9.17, 15) is 14.4 Å². The molecule has 0 aliphatic carbocycles. The SMILES string of the molecule is CC(C)C(C=O)NC(=O)CN(C)C(=O)OCc1ccccc1. The predicted octanol–water partition coefficient (Wildman–Crippen LogP) is 1.59. The molecule has 0 aromatic heterocycles. The summed E-state index contributed by atoms with van der Waals surface area (Å²) in [7, 11) is 1.47. The van der Waals surface area contributed by atoms with Crippen LogP contribution < -0.4 is 5.32 Å². The summed E-state index contributed by atoms with van der Waals surface area (Å²) >= 11 is 0. The van der Waals surface area contributed by atoms with Crippen molar-refractivity contribution in [2.24, 2.45) is 5.92 Å². The molecule has 22 heavy (non-hydrogen) atoms. The lowest BCUT2D eigenvalue weighted by molar-refractivity contribution is -0.125. The second-order valence-electron chi connectivity index (χ2n) is 5.37. The Morgan fingerprint density at radius 1 is 1.27 bits per heavy atom. The van der Waals surface area contributed by atoms with Gasteiger partial charge in [0.15, 0.2) is 0 Å². The number of benzene rings is 1. The summed E-state index contributed by atoms with van der Waals surface area (Å²) in [6.07, 6.45) is 0.0993. The minimum atomic E-state index is -0.591. The highest BCUT2D eigenvalue weighted by Crippen LogP contribution is 2.03. The van der Waals surface area contributed by atoms with E-state index >= 15 is 0 Å². The van der Waals surface area contributed by atoms with Crippen molar-refractivity contribution in [1.82, 2.24) is 10.2 Å². The fourth-order valence-corrected chi connectivity index (χ4v) is 1.70. The average molecular weight is 306 g/mol. The first-order chi connectivity index (χ1) is 10.4. The highest BCUT2D eigenvalue weighted by molar-refractivity contribution is 5.84. The number of carbonyl (C=O) groups is 3. The van der Waals surface area contributed by atoms with Gasteiger partial charge in [-0.15, -0.1) is 0 Å². The van der Waals surface area contributed by atoms with Crippen LogP contribution in [0.4, 0.5) is 4.79 Å². The summed E-state index contributed by atoms with van der Waals surface area (Å²) in [5.74, 6) is -0.401. The van der Waals surface area contributed by atoms with Crippen LogP contribution in [0.15, 0.2) is 30.3 Å². The van der Waals surface area contributed by atoms with Crippen LogP contribution >= 0.6 is 0 Å². The first kappa shape index (κ1) is 17.7. The lowest BCUT2D eigenvalue weighted by Crippen LogP contribution is -2.45. The summed E-state index contributed by atoms with van der Waals surface area (Å²) < 4.78 is 5.11. The first-order valence-corrected chi connectivity index (χ1v) is 7.10. The van der Waals surface area contributed by atoms with Crippen molar-refractivity contribution in [1.29, 1.82) is 0 Å². The summed E-state index contributed by atoms with van der Waals surface area (Å²) in [5, 5.41) is 2.57. The third-order valence-corrected chi connectivity index (χ3v) is 3.09. The van der Waals surface area contributed by atoms with Crippen molar-refractivity contribution in [3.8, 4) is 0 Å². The van der Waals surface area contributed by atoms with E-state index in [4.69, 9.17) is 4.74 Å². The van der Waals surface area contributed by atoms with E-state index < -0.39 is 18.0 Å². The Morgan fingerprint density at radius 2 is 1.91 bits per heavy atom. The Labute approximate surface area is 130 Å². The van der Waals surface area contributed by atoms with Crippen LogP contribution in [-0.4, -0.2) is 42.8 Å². The van der Waals surface area contributed by atoms with Crippen LogP contribution in [0, 0.1) is 5.92 Å². The van der Waals surface area contributed by atoms with Crippen LogP contribution in [0.3, 0.4) is 0 Å². The molecule has 1 rings (SSSR count). The number of rotatable bonds is 7. The average Bonchev–Trinajstić information content (AvgIpc) is 2.50. The molecule has 0 aliphatic rings. The van der Waals surface area contributed by atoms with E-state index in [0.29, 0.717) is 6.29 Å². The molecule has 0 bridgehead atoms. The second kappa shape index (κ2) is 8.81. The maximum atomic E-state index is 11.8. The van der Waals surface area contributed by atoms with E-state index in [2.05, 4.69) is 5.32 Å². The molecule has 0 radical (unpaired) electrons. The van der Waals surface area contributed by atoms with Crippen LogP contribution in [0.1, 0.15) is 19.4 Å². The maximum absolute atomic E-state index is 11.8. The van der Waals surface area contributed by atoms with Crippen molar-refractivity contribution in [2.75, 3.05) is 13.6 Å². The number of ether oxygens (including phenoxy) is 1. The first-order valence-electron chi connectivity index (χ1n) is 7.10. The number of likely N-dealkylation sites (N-methyl/N-ethyl adjacent to an activating group) is 1. The Morgan fingerprint density at radius 3 is 2.45 bits per heavy atom. The molecule has 6 nitrogen and oxygen atoms in total. The van der Waals surface area contributed by atoms with Crippen molar-refractivity contribution >= 4 is 18.3 Å². The minimum absolute atomic E-state index is 0.00297. The molecular weight excluding hydrogens is 284 g/mol. The molecule has 1 aromatic carbocycles. The normalized spacial score (nSPS) is 11.6. The van der Waals surface area contributed by atoms with Gasteiger partial charge in [0.05, 0.1) is 6.04 Å². The lowest BCUT2D eigenvalue weighted by Gasteiger charge is -2.20. The van der Waals surface area contributed by atoms with Gasteiger partial charge in [-0.25, -0.2) is 4.79 Å². The predicted molar refractivity (Wildman–Crippen MR) is 82.1 cm³/mol. The molecule has 6 heteroatoms. The standard InChI is InChI=1S/C16H22N2O4/c1-12(2)14(10-19)17-15(20)9-18(3)16(21)22-11-13-7-5-4-6-8-13/h4-8,10,12,14H,9,11H2,1-3H3,(H,17,20). The Balaban J connectivity index is 2.40. The van der Waals surface area contributed by atoms with Crippen LogP contribution in [0.25, 0.3) is 0 Å². The van der Waals surface area contributed by atoms with Crippen LogP contribution in [0.5, 0.6) is 0 Å². The van der Waals surface area contributed by atoms with Crippen molar-refractivity contribution < 1.29 is 19.1 Å². The molecular formula is C16H22N2O4. The van der Waals surface area contributed by atoms with E-state index in [-0.39, 0.29) is 19.1 Å². The molecule has 1 aromatic rings. The molecule has 0 fully saturated rings. The fraction of sp³-hybridized carbons (Fsp3) is 0.438. The second-order valence-corrected chi connectivity index (χ2v) is 5.37. The summed E-state index contributed by atoms with van der Waals surface area (Å²) in [5.41, 5.74) is 0.870. The summed E-state index contributed by atoms with van der Waals surface area (Å²) in [6.45, 7) is 3.65. The zero-order valence-corrected chi connectivity index (χ0v) is 13.1.